The van der Waals surface area contributed by atoms with E-state index in [-0.39, 0.29) is 5.54 Å². The second kappa shape index (κ2) is 6.05. The number of ether oxygens (including phenoxy) is 1. The number of piperazine rings is 1. The lowest BCUT2D eigenvalue weighted by molar-refractivity contribution is 0.0407. The predicted octanol–water partition coefficient (Wildman–Crippen LogP) is -0.538. The van der Waals surface area contributed by atoms with E-state index < -0.39 is 10.0 Å². The van der Waals surface area contributed by atoms with Gasteiger partial charge in [-0.25, -0.2) is 8.42 Å². The molecule has 1 unspecified atom stereocenters. The van der Waals surface area contributed by atoms with Crippen molar-refractivity contribution in [3.63, 3.8) is 0 Å². The Kier molecular flexibility index (Phi) is 4.84. The summed E-state index contributed by atoms with van der Waals surface area (Å²) in [5.74, 6) is 0. The molecule has 0 aromatic rings. The molecule has 2 heterocycles. The minimum absolute atomic E-state index is 0.0000926. The third-order valence-electron chi connectivity index (χ3n) is 4.40. The van der Waals surface area contributed by atoms with Gasteiger partial charge in [0.05, 0.1) is 6.26 Å². The van der Waals surface area contributed by atoms with Crippen LogP contribution in [-0.4, -0.2) is 75.4 Å². The summed E-state index contributed by atoms with van der Waals surface area (Å²) in [5.41, 5.74) is 6.03. The standard InChI is InChI=1S/C12H25N3O3S/c1-19(16,17)15-7-5-14(6-8-15)12(11-13)3-2-9-18-10-4-12/h2-11,13H2,1H3. The van der Waals surface area contributed by atoms with Crippen molar-refractivity contribution in [2.75, 3.05) is 52.2 Å². The van der Waals surface area contributed by atoms with Gasteiger partial charge in [-0.2, -0.15) is 4.31 Å². The molecular formula is C12H25N3O3S. The highest BCUT2D eigenvalue weighted by Gasteiger charge is 2.38. The van der Waals surface area contributed by atoms with Gasteiger partial charge in [0.2, 0.25) is 10.0 Å². The van der Waals surface area contributed by atoms with Crippen LogP contribution in [0.15, 0.2) is 0 Å². The fourth-order valence-corrected chi connectivity index (χ4v) is 3.96. The summed E-state index contributed by atoms with van der Waals surface area (Å²) in [5, 5.41) is 0. The molecule has 2 aliphatic heterocycles. The minimum Gasteiger partial charge on any atom is -0.381 e. The molecule has 0 aliphatic carbocycles. The SMILES string of the molecule is CS(=O)(=O)N1CCN(C2(CN)CCCOCC2)CC1. The van der Waals surface area contributed by atoms with E-state index >= 15 is 0 Å². The Labute approximate surface area is 115 Å². The Morgan fingerprint density at radius 1 is 1.16 bits per heavy atom. The molecule has 0 radical (unpaired) electrons. The van der Waals surface area contributed by atoms with Crippen molar-refractivity contribution in [2.24, 2.45) is 5.73 Å². The van der Waals surface area contributed by atoms with E-state index in [4.69, 9.17) is 10.5 Å². The van der Waals surface area contributed by atoms with Gasteiger partial charge in [0, 0.05) is 51.5 Å². The maximum absolute atomic E-state index is 11.5. The molecular weight excluding hydrogens is 266 g/mol. The Morgan fingerprint density at radius 2 is 1.84 bits per heavy atom. The van der Waals surface area contributed by atoms with Crippen LogP contribution in [0.1, 0.15) is 19.3 Å². The maximum atomic E-state index is 11.5. The third kappa shape index (κ3) is 3.46. The van der Waals surface area contributed by atoms with E-state index in [9.17, 15) is 8.42 Å². The van der Waals surface area contributed by atoms with Gasteiger partial charge in [0.15, 0.2) is 0 Å². The summed E-state index contributed by atoms with van der Waals surface area (Å²) in [6.45, 7) is 4.86. The van der Waals surface area contributed by atoms with Crippen molar-refractivity contribution in [3.05, 3.63) is 0 Å². The van der Waals surface area contributed by atoms with Gasteiger partial charge in [-0.05, 0) is 19.3 Å². The normalized spacial score (nSPS) is 32.1. The van der Waals surface area contributed by atoms with E-state index in [0.717, 1.165) is 45.6 Å². The van der Waals surface area contributed by atoms with Gasteiger partial charge in [0.1, 0.15) is 0 Å². The maximum Gasteiger partial charge on any atom is 0.211 e. The summed E-state index contributed by atoms with van der Waals surface area (Å²) in [7, 11) is -3.06. The molecule has 112 valence electrons. The van der Waals surface area contributed by atoms with Gasteiger partial charge < -0.3 is 10.5 Å². The molecule has 6 nitrogen and oxygen atoms in total. The molecule has 19 heavy (non-hydrogen) atoms. The largest absolute Gasteiger partial charge is 0.381 e. The van der Waals surface area contributed by atoms with Crippen LogP contribution in [0.25, 0.3) is 0 Å². The molecule has 7 heteroatoms. The van der Waals surface area contributed by atoms with E-state index in [1.54, 1.807) is 4.31 Å². The van der Waals surface area contributed by atoms with Gasteiger partial charge in [0.25, 0.3) is 0 Å². The van der Waals surface area contributed by atoms with E-state index in [1.807, 2.05) is 0 Å². The van der Waals surface area contributed by atoms with E-state index in [0.29, 0.717) is 19.6 Å². The number of nitrogens with two attached hydrogens (primary N) is 1. The molecule has 0 aromatic carbocycles. The average Bonchev–Trinajstić information content (AvgIpc) is 2.64. The monoisotopic (exact) mass is 291 g/mol. The quantitative estimate of drug-likeness (QED) is 0.756. The van der Waals surface area contributed by atoms with Gasteiger partial charge in [-0.3, -0.25) is 4.90 Å². The fraction of sp³-hybridized carbons (Fsp3) is 1.00. The van der Waals surface area contributed by atoms with Crippen molar-refractivity contribution in [3.8, 4) is 0 Å². The van der Waals surface area contributed by atoms with Crippen molar-refractivity contribution >= 4 is 10.0 Å². The number of nitrogens with zero attached hydrogens (tertiary/aromatic N) is 2. The van der Waals surface area contributed by atoms with Crippen LogP contribution in [0.3, 0.4) is 0 Å². The van der Waals surface area contributed by atoms with Crippen molar-refractivity contribution in [1.29, 1.82) is 0 Å². The first-order chi connectivity index (χ1) is 8.98. The first-order valence-corrected chi connectivity index (χ1v) is 8.81. The van der Waals surface area contributed by atoms with Crippen molar-refractivity contribution in [1.82, 2.24) is 9.21 Å². The second-order valence-electron chi connectivity index (χ2n) is 5.54. The van der Waals surface area contributed by atoms with Gasteiger partial charge >= 0.3 is 0 Å². The van der Waals surface area contributed by atoms with Crippen LogP contribution in [-0.2, 0) is 14.8 Å². The topological polar surface area (TPSA) is 75.9 Å². The lowest BCUT2D eigenvalue weighted by atomic mass is 9.88. The Hall–Kier alpha value is -0.210. The lowest BCUT2D eigenvalue weighted by Gasteiger charge is -2.46. The van der Waals surface area contributed by atoms with Crippen LogP contribution in [0.4, 0.5) is 0 Å². The average molecular weight is 291 g/mol. The first-order valence-electron chi connectivity index (χ1n) is 6.96. The zero-order valence-electron chi connectivity index (χ0n) is 11.7. The van der Waals surface area contributed by atoms with Crippen LogP contribution < -0.4 is 5.73 Å². The zero-order chi connectivity index (χ0) is 13.9. The molecule has 2 saturated heterocycles. The minimum atomic E-state index is -3.06. The smallest absolute Gasteiger partial charge is 0.211 e. The summed E-state index contributed by atoms with van der Waals surface area (Å²) < 4.78 is 30.2. The first kappa shape index (κ1) is 15.2. The highest BCUT2D eigenvalue weighted by Crippen LogP contribution is 2.28. The van der Waals surface area contributed by atoms with Crippen molar-refractivity contribution < 1.29 is 13.2 Å². The molecule has 2 fully saturated rings. The Balaban J connectivity index is 2.02. The molecule has 0 saturated carbocycles. The van der Waals surface area contributed by atoms with E-state index in [1.165, 1.54) is 6.26 Å². The molecule has 0 spiro atoms. The molecule has 2 N–H and O–H groups in total. The summed E-state index contributed by atoms with van der Waals surface area (Å²) >= 11 is 0. The molecule has 2 rings (SSSR count). The zero-order valence-corrected chi connectivity index (χ0v) is 12.5. The lowest BCUT2D eigenvalue weighted by Crippen LogP contribution is -2.60. The molecule has 0 bridgehead atoms. The Bertz CT molecular complexity index is 383. The number of rotatable bonds is 3. The summed E-state index contributed by atoms with van der Waals surface area (Å²) in [6, 6.07) is 0. The number of sulfonamides is 1. The summed E-state index contributed by atoms with van der Waals surface area (Å²) in [6.07, 6.45) is 4.30. The van der Waals surface area contributed by atoms with Crippen LogP contribution in [0, 0.1) is 0 Å². The van der Waals surface area contributed by atoms with E-state index in [2.05, 4.69) is 4.90 Å². The molecule has 0 amide bonds. The summed E-state index contributed by atoms with van der Waals surface area (Å²) in [4.78, 5) is 2.38. The predicted molar refractivity (Wildman–Crippen MR) is 74.4 cm³/mol. The van der Waals surface area contributed by atoms with Gasteiger partial charge in [-0.1, -0.05) is 0 Å². The van der Waals surface area contributed by atoms with Crippen LogP contribution in [0.5, 0.6) is 0 Å². The third-order valence-corrected chi connectivity index (χ3v) is 5.70. The fourth-order valence-electron chi connectivity index (χ4n) is 3.14. The second-order valence-corrected chi connectivity index (χ2v) is 7.53. The van der Waals surface area contributed by atoms with Crippen LogP contribution >= 0.6 is 0 Å². The van der Waals surface area contributed by atoms with Crippen LogP contribution in [0.2, 0.25) is 0 Å². The molecule has 1 atom stereocenters. The highest BCUT2D eigenvalue weighted by molar-refractivity contribution is 7.88. The molecule has 2 aliphatic rings. The van der Waals surface area contributed by atoms with Crippen molar-refractivity contribution in [2.45, 2.75) is 24.8 Å². The molecule has 0 aromatic heterocycles. The highest BCUT2D eigenvalue weighted by atomic mass is 32.2. The Morgan fingerprint density at radius 3 is 2.42 bits per heavy atom. The number of hydrogen-bond acceptors (Lipinski definition) is 5. The van der Waals surface area contributed by atoms with Gasteiger partial charge in [-0.15, -0.1) is 0 Å². The number of hydrogen-bond donors (Lipinski definition) is 1.